The molecular formula is C16H21N3O. The van der Waals surface area contributed by atoms with E-state index in [2.05, 4.69) is 39.1 Å². The average molecular weight is 271 g/mol. The molecule has 0 bridgehead atoms. The van der Waals surface area contributed by atoms with Crippen LogP contribution in [0.15, 0.2) is 36.8 Å². The Hall–Kier alpha value is -1.65. The van der Waals surface area contributed by atoms with E-state index in [4.69, 9.17) is 4.74 Å². The van der Waals surface area contributed by atoms with E-state index in [1.165, 1.54) is 29.8 Å². The van der Waals surface area contributed by atoms with Crippen molar-refractivity contribution in [1.29, 1.82) is 0 Å². The van der Waals surface area contributed by atoms with E-state index in [9.17, 15) is 0 Å². The number of aromatic nitrogens is 2. The van der Waals surface area contributed by atoms with Gasteiger partial charge in [0.25, 0.3) is 0 Å². The van der Waals surface area contributed by atoms with Gasteiger partial charge in [-0.1, -0.05) is 18.2 Å². The van der Waals surface area contributed by atoms with Gasteiger partial charge in [-0.3, -0.25) is 0 Å². The van der Waals surface area contributed by atoms with Crippen molar-refractivity contribution in [3.8, 4) is 5.69 Å². The lowest BCUT2D eigenvalue weighted by molar-refractivity contribution is 0.184. The molecule has 4 heteroatoms. The van der Waals surface area contributed by atoms with Gasteiger partial charge in [0.1, 0.15) is 0 Å². The molecule has 1 unspecified atom stereocenters. The zero-order chi connectivity index (χ0) is 13.8. The van der Waals surface area contributed by atoms with E-state index < -0.39 is 0 Å². The first-order valence-electron chi connectivity index (χ1n) is 7.20. The molecule has 2 heterocycles. The maximum Gasteiger partial charge on any atom is 0.0994 e. The van der Waals surface area contributed by atoms with Gasteiger partial charge in [-0.15, -0.1) is 0 Å². The summed E-state index contributed by atoms with van der Waals surface area (Å²) in [7, 11) is 1.73. The predicted molar refractivity (Wildman–Crippen MR) is 79.1 cm³/mol. The molecule has 1 aliphatic heterocycles. The molecule has 1 saturated heterocycles. The number of benzene rings is 1. The summed E-state index contributed by atoms with van der Waals surface area (Å²) in [5, 5.41) is 3.48. The zero-order valence-corrected chi connectivity index (χ0v) is 11.9. The highest BCUT2D eigenvalue weighted by Crippen LogP contribution is 2.26. The summed E-state index contributed by atoms with van der Waals surface area (Å²) in [5.74, 6) is 0.543. The highest BCUT2D eigenvalue weighted by atomic mass is 16.5. The van der Waals surface area contributed by atoms with Crippen molar-refractivity contribution in [2.45, 2.75) is 25.4 Å². The Balaban J connectivity index is 1.96. The highest BCUT2D eigenvalue weighted by molar-refractivity contribution is 5.42. The lowest BCUT2D eigenvalue weighted by Gasteiger charge is -2.24. The van der Waals surface area contributed by atoms with Crippen molar-refractivity contribution >= 4 is 0 Å². The monoisotopic (exact) mass is 271 g/mol. The van der Waals surface area contributed by atoms with Crippen molar-refractivity contribution in [2.24, 2.45) is 0 Å². The fourth-order valence-electron chi connectivity index (χ4n) is 2.94. The number of para-hydroxylation sites is 1. The maximum absolute atomic E-state index is 5.31. The Kier molecular flexibility index (Phi) is 4.14. The molecule has 0 amide bonds. The number of imidazole rings is 1. The van der Waals surface area contributed by atoms with Crippen molar-refractivity contribution in [1.82, 2.24) is 14.9 Å². The van der Waals surface area contributed by atoms with Crippen molar-refractivity contribution in [3.05, 3.63) is 48.0 Å². The Morgan fingerprint density at radius 3 is 3.10 bits per heavy atom. The molecule has 1 aromatic heterocycles. The summed E-state index contributed by atoms with van der Waals surface area (Å²) >= 11 is 0. The first kappa shape index (κ1) is 13.3. The SMILES string of the molecule is COCc1ccccc1-n1cncc1C1CCCNC1. The number of ether oxygens (including phenoxy) is 1. The fraction of sp³-hybridized carbons (Fsp3) is 0.438. The smallest absolute Gasteiger partial charge is 0.0994 e. The molecule has 1 aromatic carbocycles. The second-order valence-corrected chi connectivity index (χ2v) is 5.29. The van der Waals surface area contributed by atoms with Gasteiger partial charge in [0, 0.05) is 37.0 Å². The van der Waals surface area contributed by atoms with Gasteiger partial charge in [0.2, 0.25) is 0 Å². The van der Waals surface area contributed by atoms with E-state index in [0.717, 1.165) is 13.1 Å². The highest BCUT2D eigenvalue weighted by Gasteiger charge is 2.20. The van der Waals surface area contributed by atoms with Gasteiger partial charge >= 0.3 is 0 Å². The molecule has 1 N–H and O–H groups in total. The summed E-state index contributed by atoms with van der Waals surface area (Å²) in [6.45, 7) is 2.79. The summed E-state index contributed by atoms with van der Waals surface area (Å²) in [5.41, 5.74) is 3.66. The molecule has 2 aromatic rings. The summed E-state index contributed by atoms with van der Waals surface area (Å²) in [6.07, 6.45) is 6.38. The third kappa shape index (κ3) is 2.62. The molecule has 4 nitrogen and oxygen atoms in total. The third-order valence-electron chi connectivity index (χ3n) is 3.93. The first-order valence-corrected chi connectivity index (χ1v) is 7.20. The van der Waals surface area contributed by atoms with Gasteiger partial charge in [-0.05, 0) is 25.5 Å². The summed E-state index contributed by atoms with van der Waals surface area (Å²) in [4.78, 5) is 4.37. The van der Waals surface area contributed by atoms with Crippen LogP contribution in [0, 0.1) is 0 Å². The average Bonchev–Trinajstić information content (AvgIpc) is 2.98. The molecule has 0 spiro atoms. The minimum absolute atomic E-state index is 0.543. The molecule has 3 rings (SSSR count). The van der Waals surface area contributed by atoms with E-state index in [0.29, 0.717) is 12.5 Å². The normalized spacial score (nSPS) is 19.1. The van der Waals surface area contributed by atoms with E-state index >= 15 is 0 Å². The summed E-state index contributed by atoms with van der Waals surface area (Å²) < 4.78 is 7.52. The van der Waals surface area contributed by atoms with Gasteiger partial charge in [0.05, 0.1) is 18.6 Å². The molecule has 0 aliphatic carbocycles. The number of methoxy groups -OCH3 is 1. The molecule has 1 fully saturated rings. The van der Waals surface area contributed by atoms with Crippen molar-refractivity contribution in [2.75, 3.05) is 20.2 Å². The topological polar surface area (TPSA) is 39.1 Å². The largest absolute Gasteiger partial charge is 0.380 e. The molecule has 20 heavy (non-hydrogen) atoms. The predicted octanol–water partition coefficient (Wildman–Crippen LogP) is 2.49. The van der Waals surface area contributed by atoms with E-state index in [1.807, 2.05) is 12.5 Å². The quantitative estimate of drug-likeness (QED) is 0.928. The van der Waals surface area contributed by atoms with Crippen LogP contribution < -0.4 is 5.32 Å². The van der Waals surface area contributed by atoms with Gasteiger partial charge in [0.15, 0.2) is 0 Å². The van der Waals surface area contributed by atoms with Crippen LogP contribution in [0.25, 0.3) is 5.69 Å². The van der Waals surface area contributed by atoms with E-state index in [-0.39, 0.29) is 0 Å². The van der Waals surface area contributed by atoms with Crippen LogP contribution in [0.5, 0.6) is 0 Å². The van der Waals surface area contributed by atoms with Crippen LogP contribution >= 0.6 is 0 Å². The number of rotatable bonds is 4. The molecule has 1 aliphatic rings. The van der Waals surface area contributed by atoms with Gasteiger partial charge in [-0.25, -0.2) is 4.98 Å². The standard InChI is InChI=1S/C16H21N3O/c1-20-11-14-5-2-3-7-15(14)19-12-18-10-16(19)13-6-4-8-17-9-13/h2-3,5,7,10,12-13,17H,4,6,8-9,11H2,1H3. The van der Waals surface area contributed by atoms with Crippen molar-refractivity contribution in [3.63, 3.8) is 0 Å². The number of nitrogens with zero attached hydrogens (tertiary/aromatic N) is 2. The zero-order valence-electron chi connectivity index (χ0n) is 11.9. The Morgan fingerprint density at radius 2 is 2.30 bits per heavy atom. The minimum atomic E-state index is 0.543. The second kappa shape index (κ2) is 6.20. The number of hydrogen-bond acceptors (Lipinski definition) is 3. The Morgan fingerprint density at radius 1 is 1.40 bits per heavy atom. The minimum Gasteiger partial charge on any atom is -0.380 e. The number of hydrogen-bond donors (Lipinski definition) is 1. The molecule has 1 atom stereocenters. The van der Waals surface area contributed by atoms with Crippen LogP contribution in [-0.2, 0) is 11.3 Å². The van der Waals surface area contributed by atoms with Crippen LogP contribution in [0.2, 0.25) is 0 Å². The van der Waals surface area contributed by atoms with Crippen LogP contribution in [0.3, 0.4) is 0 Å². The molecule has 0 saturated carbocycles. The second-order valence-electron chi connectivity index (χ2n) is 5.29. The Labute approximate surface area is 119 Å². The van der Waals surface area contributed by atoms with Gasteiger partial charge in [-0.2, -0.15) is 0 Å². The lowest BCUT2D eigenvalue weighted by Crippen LogP contribution is -2.29. The Bertz CT molecular complexity index is 558. The first-order chi connectivity index (χ1) is 9.90. The maximum atomic E-state index is 5.31. The summed E-state index contributed by atoms with van der Waals surface area (Å²) in [6, 6.07) is 8.37. The van der Waals surface area contributed by atoms with Crippen LogP contribution in [0.1, 0.15) is 30.0 Å². The number of piperidine rings is 1. The molecule has 0 radical (unpaired) electrons. The van der Waals surface area contributed by atoms with Crippen LogP contribution in [0.4, 0.5) is 0 Å². The van der Waals surface area contributed by atoms with Gasteiger partial charge < -0.3 is 14.6 Å². The molecular weight excluding hydrogens is 250 g/mol. The number of nitrogens with one attached hydrogen (secondary N) is 1. The lowest BCUT2D eigenvalue weighted by atomic mass is 9.96. The van der Waals surface area contributed by atoms with Crippen LogP contribution in [-0.4, -0.2) is 29.8 Å². The fourth-order valence-corrected chi connectivity index (χ4v) is 2.94. The third-order valence-corrected chi connectivity index (χ3v) is 3.93. The van der Waals surface area contributed by atoms with E-state index in [1.54, 1.807) is 7.11 Å². The molecule has 106 valence electrons. The van der Waals surface area contributed by atoms with Crippen molar-refractivity contribution < 1.29 is 4.74 Å².